The number of amides is 1. The monoisotopic (exact) mass is 299 g/mol. The second-order valence-corrected chi connectivity index (χ2v) is 5.89. The van der Waals surface area contributed by atoms with Crippen molar-refractivity contribution in [3.63, 3.8) is 0 Å². The first-order valence-corrected chi connectivity index (χ1v) is 8.46. The SMILES string of the molecule is CCNC1COCC1C(=O)NC(C)CCCN(CC)CC. The van der Waals surface area contributed by atoms with Gasteiger partial charge in [-0.1, -0.05) is 20.8 Å². The Balaban J connectivity index is 2.26. The third-order valence-electron chi connectivity index (χ3n) is 4.28. The van der Waals surface area contributed by atoms with E-state index >= 15 is 0 Å². The van der Waals surface area contributed by atoms with Crippen LogP contribution >= 0.6 is 0 Å². The van der Waals surface area contributed by atoms with E-state index in [4.69, 9.17) is 4.74 Å². The number of hydrogen-bond acceptors (Lipinski definition) is 4. The highest BCUT2D eigenvalue weighted by molar-refractivity contribution is 5.80. The molecule has 21 heavy (non-hydrogen) atoms. The molecule has 1 aliphatic heterocycles. The minimum absolute atomic E-state index is 0.0461. The van der Waals surface area contributed by atoms with E-state index in [1.807, 2.05) is 0 Å². The van der Waals surface area contributed by atoms with Gasteiger partial charge in [0.2, 0.25) is 5.91 Å². The first-order chi connectivity index (χ1) is 10.1. The average Bonchev–Trinajstić information content (AvgIpc) is 2.92. The Morgan fingerprint density at radius 1 is 1.29 bits per heavy atom. The van der Waals surface area contributed by atoms with E-state index < -0.39 is 0 Å². The molecule has 0 spiro atoms. The van der Waals surface area contributed by atoms with E-state index in [9.17, 15) is 4.79 Å². The summed E-state index contributed by atoms with van der Waals surface area (Å²) in [5.41, 5.74) is 0. The van der Waals surface area contributed by atoms with Gasteiger partial charge >= 0.3 is 0 Å². The van der Waals surface area contributed by atoms with Crippen LogP contribution in [0.4, 0.5) is 0 Å². The highest BCUT2D eigenvalue weighted by Crippen LogP contribution is 2.14. The molecule has 5 heteroatoms. The molecular weight excluding hydrogens is 266 g/mol. The van der Waals surface area contributed by atoms with Gasteiger partial charge in [-0.3, -0.25) is 4.79 Å². The third kappa shape index (κ3) is 6.32. The van der Waals surface area contributed by atoms with Crippen LogP contribution in [0.3, 0.4) is 0 Å². The van der Waals surface area contributed by atoms with Crippen LogP contribution in [0.2, 0.25) is 0 Å². The van der Waals surface area contributed by atoms with Gasteiger partial charge in [0.1, 0.15) is 0 Å². The lowest BCUT2D eigenvalue weighted by atomic mass is 10.0. The van der Waals surface area contributed by atoms with Crippen molar-refractivity contribution in [2.45, 2.75) is 52.6 Å². The summed E-state index contributed by atoms with van der Waals surface area (Å²) in [6.07, 6.45) is 2.16. The largest absolute Gasteiger partial charge is 0.379 e. The number of carbonyl (C=O) groups is 1. The van der Waals surface area contributed by atoms with E-state index in [1.54, 1.807) is 0 Å². The van der Waals surface area contributed by atoms with Crippen molar-refractivity contribution >= 4 is 5.91 Å². The maximum atomic E-state index is 12.3. The van der Waals surface area contributed by atoms with Crippen molar-refractivity contribution in [2.75, 3.05) is 39.4 Å². The average molecular weight is 299 g/mol. The molecule has 0 aromatic carbocycles. The minimum atomic E-state index is -0.0461. The molecule has 2 N–H and O–H groups in total. The van der Waals surface area contributed by atoms with Crippen LogP contribution in [0.5, 0.6) is 0 Å². The Morgan fingerprint density at radius 2 is 2.00 bits per heavy atom. The van der Waals surface area contributed by atoms with Crippen molar-refractivity contribution in [3.05, 3.63) is 0 Å². The van der Waals surface area contributed by atoms with E-state index in [1.165, 1.54) is 0 Å². The Kier molecular flexibility index (Phi) is 8.88. The first-order valence-electron chi connectivity index (χ1n) is 8.46. The van der Waals surface area contributed by atoms with Gasteiger partial charge in [-0.15, -0.1) is 0 Å². The van der Waals surface area contributed by atoms with Gasteiger partial charge in [0.25, 0.3) is 0 Å². The topological polar surface area (TPSA) is 53.6 Å². The van der Waals surface area contributed by atoms with Crippen LogP contribution < -0.4 is 10.6 Å². The fourth-order valence-electron chi connectivity index (χ4n) is 2.86. The maximum absolute atomic E-state index is 12.3. The standard InChI is InChI=1S/C16H33N3O2/c1-5-17-15-12-21-11-14(15)16(20)18-13(4)9-8-10-19(6-2)7-3/h13-15,17H,5-12H2,1-4H3,(H,18,20). The summed E-state index contributed by atoms with van der Waals surface area (Å²) in [6, 6.07) is 0.397. The van der Waals surface area contributed by atoms with E-state index in [-0.39, 0.29) is 23.9 Å². The van der Waals surface area contributed by atoms with Crippen LogP contribution in [0.25, 0.3) is 0 Å². The lowest BCUT2D eigenvalue weighted by Gasteiger charge is -2.22. The Hall–Kier alpha value is -0.650. The Morgan fingerprint density at radius 3 is 2.62 bits per heavy atom. The molecule has 1 saturated heterocycles. The predicted octanol–water partition coefficient (Wildman–Crippen LogP) is 1.24. The minimum Gasteiger partial charge on any atom is -0.379 e. The molecule has 0 radical (unpaired) electrons. The second kappa shape index (κ2) is 10.1. The van der Waals surface area contributed by atoms with Gasteiger partial charge in [-0.25, -0.2) is 0 Å². The number of rotatable bonds is 10. The lowest BCUT2D eigenvalue weighted by Crippen LogP contribution is -2.46. The number of ether oxygens (including phenoxy) is 1. The maximum Gasteiger partial charge on any atom is 0.227 e. The molecule has 3 unspecified atom stereocenters. The van der Waals surface area contributed by atoms with Crippen molar-refractivity contribution in [3.8, 4) is 0 Å². The summed E-state index contributed by atoms with van der Waals surface area (Å²) in [7, 11) is 0. The van der Waals surface area contributed by atoms with E-state index in [2.05, 4.69) is 43.2 Å². The number of nitrogens with one attached hydrogen (secondary N) is 2. The van der Waals surface area contributed by atoms with Crippen LogP contribution in [-0.2, 0) is 9.53 Å². The first kappa shape index (κ1) is 18.4. The van der Waals surface area contributed by atoms with Gasteiger partial charge in [0.05, 0.1) is 19.1 Å². The summed E-state index contributed by atoms with van der Waals surface area (Å²) in [6.45, 7) is 13.9. The lowest BCUT2D eigenvalue weighted by molar-refractivity contribution is -0.126. The molecule has 0 bridgehead atoms. The Bertz CT molecular complexity index is 295. The van der Waals surface area contributed by atoms with Crippen molar-refractivity contribution in [1.29, 1.82) is 0 Å². The molecule has 1 aliphatic rings. The number of nitrogens with zero attached hydrogens (tertiary/aromatic N) is 1. The second-order valence-electron chi connectivity index (χ2n) is 5.89. The quantitative estimate of drug-likeness (QED) is 0.637. The molecule has 1 amide bonds. The molecule has 1 heterocycles. The summed E-state index contributed by atoms with van der Waals surface area (Å²) in [4.78, 5) is 14.7. The molecule has 3 atom stereocenters. The zero-order valence-corrected chi connectivity index (χ0v) is 14.2. The van der Waals surface area contributed by atoms with Gasteiger partial charge in [0.15, 0.2) is 0 Å². The smallest absolute Gasteiger partial charge is 0.227 e. The molecule has 1 fully saturated rings. The molecule has 0 aromatic heterocycles. The fourth-order valence-corrected chi connectivity index (χ4v) is 2.86. The summed E-state index contributed by atoms with van der Waals surface area (Å²) < 4.78 is 5.44. The van der Waals surface area contributed by atoms with E-state index in [0.717, 1.165) is 39.0 Å². The van der Waals surface area contributed by atoms with E-state index in [0.29, 0.717) is 13.2 Å². The fraction of sp³-hybridized carbons (Fsp3) is 0.938. The van der Waals surface area contributed by atoms with Crippen molar-refractivity contribution in [2.24, 2.45) is 5.92 Å². The zero-order chi connectivity index (χ0) is 15.7. The van der Waals surface area contributed by atoms with Gasteiger partial charge in [0, 0.05) is 12.1 Å². The molecular formula is C16H33N3O2. The highest BCUT2D eigenvalue weighted by Gasteiger charge is 2.33. The molecule has 1 rings (SSSR count). The molecule has 124 valence electrons. The van der Waals surface area contributed by atoms with Crippen LogP contribution in [0, 0.1) is 5.92 Å². The van der Waals surface area contributed by atoms with Crippen LogP contribution in [0.1, 0.15) is 40.5 Å². The normalized spacial score (nSPS) is 23.5. The number of likely N-dealkylation sites (N-methyl/N-ethyl adjacent to an activating group) is 1. The van der Waals surface area contributed by atoms with Gasteiger partial charge in [-0.05, 0) is 45.9 Å². The summed E-state index contributed by atoms with van der Waals surface area (Å²) in [5.74, 6) is 0.0870. The Labute approximate surface area is 129 Å². The number of carbonyl (C=O) groups excluding carboxylic acids is 1. The van der Waals surface area contributed by atoms with Gasteiger partial charge < -0.3 is 20.3 Å². The predicted molar refractivity (Wildman–Crippen MR) is 86.4 cm³/mol. The molecule has 0 aromatic rings. The summed E-state index contributed by atoms with van der Waals surface area (Å²) in [5, 5.41) is 6.47. The molecule has 0 saturated carbocycles. The third-order valence-corrected chi connectivity index (χ3v) is 4.28. The van der Waals surface area contributed by atoms with Gasteiger partial charge in [-0.2, -0.15) is 0 Å². The highest BCUT2D eigenvalue weighted by atomic mass is 16.5. The molecule has 0 aliphatic carbocycles. The molecule has 5 nitrogen and oxygen atoms in total. The van der Waals surface area contributed by atoms with Crippen LogP contribution in [0.15, 0.2) is 0 Å². The van der Waals surface area contributed by atoms with Crippen molar-refractivity contribution < 1.29 is 9.53 Å². The zero-order valence-electron chi connectivity index (χ0n) is 14.2. The number of hydrogen-bond donors (Lipinski definition) is 2. The summed E-state index contributed by atoms with van der Waals surface area (Å²) >= 11 is 0. The van der Waals surface area contributed by atoms with Crippen LogP contribution in [-0.4, -0.2) is 62.3 Å². The van der Waals surface area contributed by atoms with Crippen molar-refractivity contribution in [1.82, 2.24) is 15.5 Å².